The van der Waals surface area contributed by atoms with Gasteiger partial charge in [-0.15, -0.1) is 24.0 Å². The number of aryl methyl sites for hydroxylation is 2. The van der Waals surface area contributed by atoms with Crippen molar-refractivity contribution in [2.24, 2.45) is 16.3 Å². The Bertz CT molecular complexity index is 567. The first-order valence-corrected chi connectivity index (χ1v) is 10.0. The van der Waals surface area contributed by atoms with Gasteiger partial charge >= 0.3 is 0 Å². The maximum absolute atomic E-state index is 6.08. The summed E-state index contributed by atoms with van der Waals surface area (Å²) < 4.78 is 6.08. The number of hydrogen-bond donors (Lipinski definition) is 3. The third-order valence-electron chi connectivity index (χ3n) is 4.98. The Morgan fingerprint density at radius 3 is 2.78 bits per heavy atom. The summed E-state index contributed by atoms with van der Waals surface area (Å²) in [6.45, 7) is 14.4. The lowest BCUT2D eigenvalue weighted by Crippen LogP contribution is -2.43. The van der Waals surface area contributed by atoms with Crippen LogP contribution in [-0.2, 0) is 11.2 Å². The molecule has 0 bridgehead atoms. The van der Waals surface area contributed by atoms with Gasteiger partial charge in [-0.3, -0.25) is 10.1 Å². The van der Waals surface area contributed by atoms with Crippen LogP contribution in [0.4, 0.5) is 0 Å². The van der Waals surface area contributed by atoms with Crippen molar-refractivity contribution in [2.75, 3.05) is 26.2 Å². The number of hydrogen-bond acceptors (Lipinski definition) is 3. The predicted octanol–water partition coefficient (Wildman–Crippen LogP) is 3.67. The predicted molar refractivity (Wildman–Crippen MR) is 123 cm³/mol. The highest BCUT2D eigenvalue weighted by molar-refractivity contribution is 14.0. The van der Waals surface area contributed by atoms with Crippen molar-refractivity contribution in [1.82, 2.24) is 20.8 Å². The second-order valence-electron chi connectivity index (χ2n) is 8.33. The maximum Gasteiger partial charge on any atom is 0.191 e. The first-order valence-electron chi connectivity index (χ1n) is 10.0. The van der Waals surface area contributed by atoms with Crippen LogP contribution in [0, 0.1) is 18.3 Å². The molecule has 1 fully saturated rings. The molecule has 0 radical (unpaired) electrons. The van der Waals surface area contributed by atoms with E-state index >= 15 is 0 Å². The number of nitrogens with one attached hydrogen (secondary N) is 3. The van der Waals surface area contributed by atoms with Crippen LogP contribution in [0.2, 0.25) is 0 Å². The van der Waals surface area contributed by atoms with Crippen molar-refractivity contribution in [3.05, 3.63) is 17.5 Å². The van der Waals surface area contributed by atoms with E-state index in [-0.39, 0.29) is 35.5 Å². The second kappa shape index (κ2) is 11.9. The van der Waals surface area contributed by atoms with Gasteiger partial charge in [-0.2, -0.15) is 5.10 Å². The summed E-state index contributed by atoms with van der Waals surface area (Å²) in [4.78, 5) is 4.85. The summed E-state index contributed by atoms with van der Waals surface area (Å²) >= 11 is 0. The summed E-state index contributed by atoms with van der Waals surface area (Å²) in [5, 5.41) is 13.9. The molecule has 7 heteroatoms. The van der Waals surface area contributed by atoms with E-state index in [0.717, 1.165) is 57.2 Å². The maximum atomic E-state index is 6.08. The minimum absolute atomic E-state index is 0. The molecule has 156 valence electrons. The van der Waals surface area contributed by atoms with Crippen molar-refractivity contribution < 1.29 is 4.74 Å². The van der Waals surface area contributed by atoms with Crippen molar-refractivity contribution in [3.8, 4) is 0 Å². The minimum Gasteiger partial charge on any atom is -0.377 e. The lowest BCUT2D eigenvalue weighted by atomic mass is 9.78. The molecule has 27 heavy (non-hydrogen) atoms. The van der Waals surface area contributed by atoms with Gasteiger partial charge in [0.15, 0.2) is 5.96 Å². The zero-order valence-electron chi connectivity index (χ0n) is 17.6. The molecule has 1 saturated heterocycles. The van der Waals surface area contributed by atoms with E-state index in [0.29, 0.717) is 5.92 Å². The van der Waals surface area contributed by atoms with Crippen LogP contribution in [0.3, 0.4) is 0 Å². The SMILES string of the molecule is CCNC(=NCC1CCCOC1C(C)(C)C)NCCCc1cn[nH]c1C.I. The van der Waals surface area contributed by atoms with Crippen LogP contribution in [0.15, 0.2) is 11.2 Å². The Balaban J connectivity index is 0.00000364. The van der Waals surface area contributed by atoms with Gasteiger partial charge in [0.05, 0.1) is 12.3 Å². The Hall–Kier alpha value is -0.830. The standard InChI is InChI=1S/C20H37N5O.HI/c1-6-21-19(22-11-7-9-16-14-24-25-15(16)2)23-13-17-10-8-12-26-18(17)20(3,4)5;/h14,17-18H,6-13H2,1-5H3,(H,24,25)(H2,21,22,23);1H. The lowest BCUT2D eigenvalue weighted by molar-refractivity contribution is -0.0823. The Kier molecular flexibility index (Phi) is 10.7. The van der Waals surface area contributed by atoms with Gasteiger partial charge < -0.3 is 15.4 Å². The molecule has 0 aromatic carbocycles. The number of aromatic nitrogens is 2. The molecule has 1 aromatic heterocycles. The highest BCUT2D eigenvalue weighted by Crippen LogP contribution is 2.34. The summed E-state index contributed by atoms with van der Waals surface area (Å²) in [7, 11) is 0. The van der Waals surface area contributed by atoms with E-state index in [1.807, 2.05) is 6.20 Å². The molecule has 1 aliphatic heterocycles. The van der Waals surface area contributed by atoms with Crippen LogP contribution in [0.5, 0.6) is 0 Å². The molecule has 0 saturated carbocycles. The van der Waals surface area contributed by atoms with E-state index in [1.54, 1.807) is 0 Å². The lowest BCUT2D eigenvalue weighted by Gasteiger charge is -2.39. The molecular formula is C20H38IN5O. The van der Waals surface area contributed by atoms with Gasteiger partial charge in [0.1, 0.15) is 0 Å². The minimum atomic E-state index is 0. The van der Waals surface area contributed by atoms with E-state index < -0.39 is 0 Å². The van der Waals surface area contributed by atoms with E-state index in [4.69, 9.17) is 9.73 Å². The Morgan fingerprint density at radius 1 is 1.37 bits per heavy atom. The van der Waals surface area contributed by atoms with Gasteiger partial charge in [-0.1, -0.05) is 20.8 Å². The normalized spacial score (nSPS) is 20.9. The number of rotatable bonds is 7. The number of halogens is 1. The summed E-state index contributed by atoms with van der Waals surface area (Å²) in [5.74, 6) is 1.41. The number of aromatic amines is 1. The van der Waals surface area contributed by atoms with Crippen LogP contribution in [0.1, 0.15) is 58.2 Å². The van der Waals surface area contributed by atoms with Crippen molar-refractivity contribution >= 4 is 29.9 Å². The largest absolute Gasteiger partial charge is 0.377 e. The highest BCUT2D eigenvalue weighted by atomic mass is 127. The molecule has 6 nitrogen and oxygen atoms in total. The van der Waals surface area contributed by atoms with Gasteiger partial charge in [-0.05, 0) is 50.5 Å². The Morgan fingerprint density at radius 2 is 2.15 bits per heavy atom. The molecule has 0 aliphatic carbocycles. The van der Waals surface area contributed by atoms with Gasteiger partial charge in [0.25, 0.3) is 0 Å². The molecular weight excluding hydrogens is 453 g/mol. The first-order chi connectivity index (χ1) is 12.4. The van der Waals surface area contributed by atoms with Crippen LogP contribution >= 0.6 is 24.0 Å². The van der Waals surface area contributed by atoms with Gasteiger partial charge in [0, 0.05) is 37.9 Å². The fourth-order valence-corrected chi connectivity index (χ4v) is 3.65. The molecule has 2 heterocycles. The summed E-state index contributed by atoms with van der Waals surface area (Å²) in [6, 6.07) is 0. The fraction of sp³-hybridized carbons (Fsp3) is 0.800. The monoisotopic (exact) mass is 491 g/mol. The fourth-order valence-electron chi connectivity index (χ4n) is 3.65. The van der Waals surface area contributed by atoms with Crippen LogP contribution < -0.4 is 10.6 Å². The smallest absolute Gasteiger partial charge is 0.191 e. The molecule has 2 unspecified atom stereocenters. The molecule has 2 atom stereocenters. The molecule has 1 aromatic rings. The number of nitrogens with zero attached hydrogens (tertiary/aromatic N) is 2. The average molecular weight is 491 g/mol. The molecule has 3 N–H and O–H groups in total. The zero-order valence-corrected chi connectivity index (χ0v) is 19.9. The molecule has 2 rings (SSSR count). The number of ether oxygens (including phenoxy) is 1. The van der Waals surface area contributed by atoms with Crippen LogP contribution in [0.25, 0.3) is 0 Å². The summed E-state index contributed by atoms with van der Waals surface area (Å²) in [5.41, 5.74) is 2.62. The Labute approximate surface area is 181 Å². The highest BCUT2D eigenvalue weighted by Gasteiger charge is 2.35. The first kappa shape index (κ1) is 24.2. The van der Waals surface area contributed by atoms with E-state index in [1.165, 1.54) is 12.0 Å². The number of H-pyrrole nitrogens is 1. The van der Waals surface area contributed by atoms with Gasteiger partial charge in [0.2, 0.25) is 0 Å². The third kappa shape index (κ3) is 7.97. The van der Waals surface area contributed by atoms with Crippen molar-refractivity contribution in [3.63, 3.8) is 0 Å². The van der Waals surface area contributed by atoms with E-state index in [9.17, 15) is 0 Å². The number of guanidine groups is 1. The summed E-state index contributed by atoms with van der Waals surface area (Å²) in [6.07, 6.45) is 6.63. The molecule has 0 spiro atoms. The zero-order chi connectivity index (χ0) is 19.0. The molecule has 1 aliphatic rings. The second-order valence-corrected chi connectivity index (χ2v) is 8.33. The van der Waals surface area contributed by atoms with Crippen molar-refractivity contribution in [1.29, 1.82) is 0 Å². The third-order valence-corrected chi connectivity index (χ3v) is 4.98. The van der Waals surface area contributed by atoms with Crippen molar-refractivity contribution in [2.45, 2.75) is 66.4 Å². The molecule has 0 amide bonds. The quantitative estimate of drug-likeness (QED) is 0.236. The van der Waals surface area contributed by atoms with Gasteiger partial charge in [-0.25, -0.2) is 0 Å². The van der Waals surface area contributed by atoms with E-state index in [2.05, 4.69) is 55.4 Å². The number of aliphatic imine (C=N–C) groups is 1. The topological polar surface area (TPSA) is 74.3 Å². The average Bonchev–Trinajstić information content (AvgIpc) is 3.01. The van der Waals surface area contributed by atoms with Crippen LogP contribution in [-0.4, -0.2) is 48.5 Å².